The molecule has 10 heteroatoms. The highest BCUT2D eigenvalue weighted by molar-refractivity contribution is 6.67. The van der Waals surface area contributed by atoms with Gasteiger partial charge in [-0.2, -0.15) is 0 Å². The fourth-order valence-corrected chi connectivity index (χ4v) is 6.27. The minimum absolute atomic E-state index is 0.000641. The minimum Gasteiger partial charge on any atom is -0.287 e. The van der Waals surface area contributed by atoms with E-state index < -0.39 is 5.78 Å². The third-order valence-electron chi connectivity index (χ3n) is 5.04. The maximum Gasteiger partial charge on any atom is 0.208 e. The molecule has 146 valence electrons. The largest absolute Gasteiger partial charge is 0.287 e. The van der Waals surface area contributed by atoms with Crippen molar-refractivity contribution in [2.75, 3.05) is 0 Å². The molecule has 0 spiro atoms. The first-order valence-corrected chi connectivity index (χ1v) is 11.1. The summed E-state index contributed by atoms with van der Waals surface area (Å²) in [5, 5.41) is 3.32. The van der Waals surface area contributed by atoms with Gasteiger partial charge in [-0.25, -0.2) is 0 Å². The standard InChI is InChI=1S/C19HCl9O/c20-10-2-1-3-5-6-4(2)7(15(25)17(10)27)12(22)13(23)8(6)14(24)16(26)9(5)19(29)18(28)11(3)21/h1H. The second kappa shape index (κ2) is 6.72. The van der Waals surface area contributed by atoms with Crippen molar-refractivity contribution in [1.29, 1.82) is 0 Å². The monoisotopic (exact) mass is 560 g/mol. The van der Waals surface area contributed by atoms with Crippen LogP contribution >= 0.6 is 104 Å². The molecule has 1 nitrogen and oxygen atoms in total. The van der Waals surface area contributed by atoms with Gasteiger partial charge in [0.25, 0.3) is 0 Å². The molecule has 0 aromatic heterocycles. The van der Waals surface area contributed by atoms with E-state index in [0.29, 0.717) is 37.9 Å². The Morgan fingerprint density at radius 1 is 0.483 bits per heavy atom. The smallest absolute Gasteiger partial charge is 0.208 e. The molecule has 5 rings (SSSR count). The summed E-state index contributed by atoms with van der Waals surface area (Å²) in [6.45, 7) is 0. The lowest BCUT2D eigenvalue weighted by Crippen LogP contribution is -2.10. The summed E-state index contributed by atoms with van der Waals surface area (Å²) >= 11 is 58.1. The third-order valence-corrected chi connectivity index (χ3v) is 8.93. The zero-order valence-corrected chi connectivity index (χ0v) is 20.2. The van der Waals surface area contributed by atoms with Gasteiger partial charge in [0.05, 0.1) is 45.8 Å². The van der Waals surface area contributed by atoms with E-state index in [0.717, 1.165) is 0 Å². The predicted molar refractivity (Wildman–Crippen MR) is 128 cm³/mol. The summed E-state index contributed by atoms with van der Waals surface area (Å²) in [7, 11) is 0. The number of benzene rings is 4. The zero-order chi connectivity index (χ0) is 21.1. The number of Topliss-reactive ketones (excluding diaryl/α,β-unsaturated/α-hetero) is 1. The van der Waals surface area contributed by atoms with Crippen LogP contribution in [0.4, 0.5) is 0 Å². The van der Waals surface area contributed by atoms with Gasteiger partial charge in [-0.15, -0.1) is 0 Å². The molecule has 0 bridgehead atoms. The number of ketones is 1. The number of carbonyl (C=O) groups is 1. The van der Waals surface area contributed by atoms with Crippen molar-refractivity contribution in [3.8, 4) is 0 Å². The van der Waals surface area contributed by atoms with Crippen LogP contribution in [0.15, 0.2) is 11.1 Å². The number of rotatable bonds is 0. The van der Waals surface area contributed by atoms with Crippen molar-refractivity contribution in [3.05, 3.63) is 57.4 Å². The van der Waals surface area contributed by atoms with Crippen molar-refractivity contribution < 1.29 is 4.79 Å². The van der Waals surface area contributed by atoms with Gasteiger partial charge in [0.1, 0.15) is 5.03 Å². The van der Waals surface area contributed by atoms with Crippen LogP contribution in [0, 0.1) is 0 Å². The molecular weight excluding hydrogens is 563 g/mol. The maximum atomic E-state index is 12.9. The SMILES string of the molecule is O=C1C(Cl)=C(Cl)c2cc3c(Cl)c(Cl)c(Cl)c4c(Cl)c(Cl)c5c(Cl)c(Cl)c1c2c5c34. The van der Waals surface area contributed by atoms with Crippen molar-refractivity contribution in [2.24, 2.45) is 0 Å². The maximum absolute atomic E-state index is 12.9. The molecule has 0 unspecified atom stereocenters. The number of halogens is 9. The third kappa shape index (κ3) is 2.43. The van der Waals surface area contributed by atoms with Gasteiger partial charge in [0.2, 0.25) is 5.78 Å². The van der Waals surface area contributed by atoms with Gasteiger partial charge in [0.15, 0.2) is 0 Å². The van der Waals surface area contributed by atoms with E-state index in [1.165, 1.54) is 0 Å². The number of carbonyl (C=O) groups excluding carboxylic acids is 1. The van der Waals surface area contributed by atoms with Gasteiger partial charge >= 0.3 is 0 Å². The molecule has 0 heterocycles. The van der Waals surface area contributed by atoms with E-state index >= 15 is 0 Å². The summed E-state index contributed by atoms with van der Waals surface area (Å²) in [4.78, 5) is 12.9. The van der Waals surface area contributed by atoms with E-state index in [1.807, 2.05) is 0 Å². The highest BCUT2D eigenvalue weighted by atomic mass is 35.5. The molecule has 0 radical (unpaired) electrons. The number of hydrogen-bond acceptors (Lipinski definition) is 1. The van der Waals surface area contributed by atoms with Gasteiger partial charge in [-0.3, -0.25) is 4.79 Å². The summed E-state index contributed by atoms with van der Waals surface area (Å²) < 4.78 is 0. The minimum atomic E-state index is -0.550. The first-order chi connectivity index (χ1) is 13.6. The van der Waals surface area contributed by atoms with Crippen molar-refractivity contribution in [1.82, 2.24) is 0 Å². The Bertz CT molecular complexity index is 1500. The molecule has 1 aliphatic rings. The molecular formula is C19HCl9O. The second-order valence-electron chi connectivity index (χ2n) is 6.38. The summed E-state index contributed by atoms with van der Waals surface area (Å²) in [5.74, 6) is -0.550. The van der Waals surface area contributed by atoms with Crippen LogP contribution in [0.3, 0.4) is 0 Å². The van der Waals surface area contributed by atoms with Gasteiger partial charge in [0, 0.05) is 37.9 Å². The molecule has 0 saturated heterocycles. The Kier molecular flexibility index (Phi) is 4.82. The van der Waals surface area contributed by atoms with Crippen molar-refractivity contribution >= 4 is 148 Å². The molecule has 0 saturated carbocycles. The summed E-state index contributed by atoms with van der Waals surface area (Å²) in [6.07, 6.45) is 0. The molecule has 0 fully saturated rings. The number of allylic oxidation sites excluding steroid dienone is 1. The average molecular weight is 564 g/mol. The van der Waals surface area contributed by atoms with Crippen molar-refractivity contribution in [2.45, 2.75) is 0 Å². The Hall–Kier alpha value is -0.0600. The topological polar surface area (TPSA) is 17.1 Å². The molecule has 0 N–H and O–H groups in total. The Morgan fingerprint density at radius 3 is 1.62 bits per heavy atom. The van der Waals surface area contributed by atoms with E-state index in [1.54, 1.807) is 6.07 Å². The zero-order valence-electron chi connectivity index (χ0n) is 13.4. The highest BCUT2D eigenvalue weighted by Gasteiger charge is 2.35. The van der Waals surface area contributed by atoms with Crippen molar-refractivity contribution in [3.63, 3.8) is 0 Å². The van der Waals surface area contributed by atoms with Crippen LogP contribution in [0.25, 0.3) is 37.3 Å². The lowest BCUT2D eigenvalue weighted by Gasteiger charge is -2.25. The molecule has 4 aromatic rings. The fraction of sp³-hybridized carbons (Fsp3) is 0. The normalized spacial score (nSPS) is 14.3. The summed E-state index contributed by atoms with van der Waals surface area (Å²) in [5.41, 5.74) is 0.569. The molecule has 1 aliphatic carbocycles. The summed E-state index contributed by atoms with van der Waals surface area (Å²) in [6, 6.07) is 1.67. The first-order valence-electron chi connectivity index (χ1n) is 7.73. The predicted octanol–water partition coefficient (Wildman–Crippen LogP) is 10.5. The van der Waals surface area contributed by atoms with E-state index in [9.17, 15) is 4.79 Å². The quantitative estimate of drug-likeness (QED) is 0.153. The van der Waals surface area contributed by atoms with E-state index in [2.05, 4.69) is 0 Å². The second-order valence-corrected chi connectivity index (χ2v) is 9.78. The van der Waals surface area contributed by atoms with Crippen LogP contribution in [0.2, 0.25) is 35.2 Å². The van der Waals surface area contributed by atoms with Crippen LogP contribution in [-0.4, -0.2) is 5.78 Å². The Labute approximate surface area is 208 Å². The average Bonchev–Trinajstić information content (AvgIpc) is 2.69. The molecule has 29 heavy (non-hydrogen) atoms. The van der Waals surface area contributed by atoms with Gasteiger partial charge < -0.3 is 0 Å². The van der Waals surface area contributed by atoms with Gasteiger partial charge in [-0.05, 0) is 6.07 Å². The lowest BCUT2D eigenvalue weighted by molar-refractivity contribution is 0.104. The van der Waals surface area contributed by atoms with Gasteiger partial charge in [-0.1, -0.05) is 104 Å². The Balaban J connectivity index is 2.31. The molecule has 4 aromatic carbocycles. The molecule has 0 atom stereocenters. The molecule has 0 aliphatic heterocycles. The molecule has 0 amide bonds. The van der Waals surface area contributed by atoms with Crippen LogP contribution in [-0.2, 0) is 0 Å². The van der Waals surface area contributed by atoms with Crippen LogP contribution in [0.5, 0.6) is 0 Å². The Morgan fingerprint density at radius 2 is 1.00 bits per heavy atom. The van der Waals surface area contributed by atoms with Crippen LogP contribution < -0.4 is 0 Å². The highest BCUT2D eigenvalue weighted by Crippen LogP contribution is 2.57. The van der Waals surface area contributed by atoms with E-state index in [4.69, 9.17) is 104 Å². The fourth-order valence-electron chi connectivity index (χ4n) is 3.84. The van der Waals surface area contributed by atoms with Crippen LogP contribution in [0.1, 0.15) is 15.9 Å². The lowest BCUT2D eigenvalue weighted by atomic mass is 9.85. The number of hydrogen-bond donors (Lipinski definition) is 0. The first kappa shape index (κ1) is 20.8. The van der Waals surface area contributed by atoms with E-state index in [-0.39, 0.29) is 50.8 Å².